The number of pyridine rings is 1. The van der Waals surface area contributed by atoms with Crippen LogP contribution in [0.5, 0.6) is 0 Å². The predicted molar refractivity (Wildman–Crippen MR) is 104 cm³/mol. The molecule has 6 heteroatoms. The summed E-state index contributed by atoms with van der Waals surface area (Å²) in [6, 6.07) is 13.4. The molecule has 0 saturated heterocycles. The first kappa shape index (κ1) is 17.1. The average Bonchev–Trinajstić information content (AvgIpc) is 2.98. The number of amides is 1. The second-order valence-electron chi connectivity index (χ2n) is 6.54. The summed E-state index contributed by atoms with van der Waals surface area (Å²) in [6.07, 6.45) is 0.898. The second-order valence-corrected chi connectivity index (χ2v) is 6.54. The SMILES string of the molecule is CCCn1nc(NC(=O)c2ccc(F)cc2)c2cc3cccc(C)c3nc21. The van der Waals surface area contributed by atoms with E-state index in [0.717, 1.165) is 33.9 Å². The van der Waals surface area contributed by atoms with Crippen molar-refractivity contribution in [2.75, 3.05) is 5.32 Å². The molecule has 2 aromatic heterocycles. The summed E-state index contributed by atoms with van der Waals surface area (Å²) >= 11 is 0. The van der Waals surface area contributed by atoms with E-state index in [4.69, 9.17) is 4.98 Å². The van der Waals surface area contributed by atoms with E-state index in [9.17, 15) is 9.18 Å². The van der Waals surface area contributed by atoms with Gasteiger partial charge in [-0.15, -0.1) is 0 Å². The molecule has 0 unspecified atom stereocenters. The van der Waals surface area contributed by atoms with E-state index in [0.29, 0.717) is 17.9 Å². The van der Waals surface area contributed by atoms with Gasteiger partial charge in [-0.3, -0.25) is 4.79 Å². The maximum Gasteiger partial charge on any atom is 0.256 e. The number of hydrogen-bond acceptors (Lipinski definition) is 3. The number of carbonyl (C=O) groups excluding carboxylic acids is 1. The van der Waals surface area contributed by atoms with E-state index in [1.165, 1.54) is 24.3 Å². The van der Waals surface area contributed by atoms with Crippen molar-refractivity contribution in [2.24, 2.45) is 0 Å². The topological polar surface area (TPSA) is 59.8 Å². The fourth-order valence-electron chi connectivity index (χ4n) is 3.17. The Hall–Kier alpha value is -3.28. The van der Waals surface area contributed by atoms with Crippen LogP contribution in [-0.2, 0) is 6.54 Å². The Kier molecular flexibility index (Phi) is 4.32. The molecular weight excluding hydrogens is 343 g/mol. The lowest BCUT2D eigenvalue weighted by Gasteiger charge is -2.04. The molecule has 0 aliphatic heterocycles. The lowest BCUT2D eigenvalue weighted by Crippen LogP contribution is -2.13. The first-order valence-electron chi connectivity index (χ1n) is 8.90. The number of rotatable bonds is 4. The fraction of sp³-hybridized carbons (Fsp3) is 0.190. The first-order chi connectivity index (χ1) is 13.1. The molecule has 4 aromatic rings. The summed E-state index contributed by atoms with van der Waals surface area (Å²) in [5, 5.41) is 9.19. The van der Waals surface area contributed by atoms with Crippen molar-refractivity contribution in [1.82, 2.24) is 14.8 Å². The van der Waals surface area contributed by atoms with Gasteiger partial charge in [0.2, 0.25) is 0 Å². The largest absolute Gasteiger partial charge is 0.305 e. The van der Waals surface area contributed by atoms with Crippen LogP contribution in [-0.4, -0.2) is 20.7 Å². The highest BCUT2D eigenvalue weighted by Crippen LogP contribution is 2.27. The third-order valence-corrected chi connectivity index (χ3v) is 4.52. The number of anilines is 1. The van der Waals surface area contributed by atoms with Gasteiger partial charge in [-0.1, -0.05) is 25.1 Å². The molecular formula is C21H19FN4O. The number of carbonyl (C=O) groups is 1. The molecule has 1 N–H and O–H groups in total. The van der Waals surface area contributed by atoms with Crippen LogP contribution in [0.1, 0.15) is 29.3 Å². The highest BCUT2D eigenvalue weighted by Gasteiger charge is 2.16. The smallest absolute Gasteiger partial charge is 0.256 e. The zero-order valence-electron chi connectivity index (χ0n) is 15.2. The van der Waals surface area contributed by atoms with E-state index >= 15 is 0 Å². The van der Waals surface area contributed by atoms with Crippen LogP contribution in [0.2, 0.25) is 0 Å². The number of aryl methyl sites for hydroxylation is 2. The number of hydrogen-bond donors (Lipinski definition) is 1. The number of aromatic nitrogens is 3. The number of benzene rings is 2. The molecule has 136 valence electrons. The molecule has 0 aliphatic rings. The van der Waals surface area contributed by atoms with Crippen LogP contribution in [0.3, 0.4) is 0 Å². The Morgan fingerprint density at radius 1 is 1.19 bits per heavy atom. The second kappa shape index (κ2) is 6.79. The van der Waals surface area contributed by atoms with E-state index in [1.54, 1.807) is 0 Å². The summed E-state index contributed by atoms with van der Waals surface area (Å²) < 4.78 is 14.9. The van der Waals surface area contributed by atoms with Crippen LogP contribution < -0.4 is 5.32 Å². The maximum absolute atomic E-state index is 13.1. The summed E-state index contributed by atoms with van der Waals surface area (Å²) in [6.45, 7) is 4.79. The fourth-order valence-corrected chi connectivity index (χ4v) is 3.17. The molecule has 0 radical (unpaired) electrons. The Labute approximate surface area is 155 Å². The van der Waals surface area contributed by atoms with Crippen molar-refractivity contribution in [1.29, 1.82) is 0 Å². The Morgan fingerprint density at radius 2 is 1.96 bits per heavy atom. The van der Waals surface area contributed by atoms with E-state index < -0.39 is 0 Å². The van der Waals surface area contributed by atoms with Crippen molar-refractivity contribution in [3.05, 3.63) is 65.5 Å². The molecule has 5 nitrogen and oxygen atoms in total. The molecule has 1 amide bonds. The number of halogens is 1. The quantitative estimate of drug-likeness (QED) is 0.573. The van der Waals surface area contributed by atoms with Crippen molar-refractivity contribution in [3.8, 4) is 0 Å². The summed E-state index contributed by atoms with van der Waals surface area (Å²) in [4.78, 5) is 17.4. The highest BCUT2D eigenvalue weighted by atomic mass is 19.1. The van der Waals surface area contributed by atoms with Gasteiger partial charge in [-0.2, -0.15) is 5.10 Å². The van der Waals surface area contributed by atoms with Crippen LogP contribution in [0, 0.1) is 12.7 Å². The third kappa shape index (κ3) is 3.14. The lowest BCUT2D eigenvalue weighted by atomic mass is 10.1. The minimum absolute atomic E-state index is 0.331. The lowest BCUT2D eigenvalue weighted by molar-refractivity contribution is 0.102. The van der Waals surface area contributed by atoms with Gasteiger partial charge < -0.3 is 5.32 Å². The molecule has 0 aliphatic carbocycles. The number of fused-ring (bicyclic) bond motifs is 2. The van der Waals surface area contributed by atoms with Crippen LogP contribution in [0.4, 0.5) is 10.2 Å². The minimum Gasteiger partial charge on any atom is -0.305 e. The molecule has 2 heterocycles. The van der Waals surface area contributed by atoms with Gasteiger partial charge in [0.25, 0.3) is 5.91 Å². The molecule has 0 saturated carbocycles. The predicted octanol–water partition coefficient (Wildman–Crippen LogP) is 4.69. The van der Waals surface area contributed by atoms with Gasteiger partial charge in [-0.05, 0) is 49.2 Å². The highest BCUT2D eigenvalue weighted by molar-refractivity contribution is 6.09. The van der Waals surface area contributed by atoms with Crippen molar-refractivity contribution < 1.29 is 9.18 Å². The van der Waals surface area contributed by atoms with Gasteiger partial charge in [0.05, 0.1) is 10.9 Å². The summed E-state index contributed by atoms with van der Waals surface area (Å²) in [5.74, 6) is -0.249. The van der Waals surface area contributed by atoms with E-state index in [1.807, 2.05) is 35.9 Å². The number of nitrogens with zero attached hydrogens (tertiary/aromatic N) is 3. The van der Waals surface area contributed by atoms with Gasteiger partial charge in [0, 0.05) is 17.5 Å². The van der Waals surface area contributed by atoms with E-state index in [2.05, 4.69) is 17.3 Å². The Morgan fingerprint density at radius 3 is 2.70 bits per heavy atom. The van der Waals surface area contributed by atoms with Gasteiger partial charge in [-0.25, -0.2) is 14.1 Å². The molecule has 0 spiro atoms. The van der Waals surface area contributed by atoms with Crippen molar-refractivity contribution in [2.45, 2.75) is 26.8 Å². The molecule has 2 aromatic carbocycles. The van der Waals surface area contributed by atoms with Crippen molar-refractivity contribution in [3.63, 3.8) is 0 Å². The Bertz CT molecular complexity index is 1150. The van der Waals surface area contributed by atoms with Crippen LogP contribution in [0.15, 0.2) is 48.5 Å². The van der Waals surface area contributed by atoms with Crippen LogP contribution in [0.25, 0.3) is 21.9 Å². The maximum atomic E-state index is 13.1. The number of nitrogens with one attached hydrogen (secondary N) is 1. The Balaban J connectivity index is 1.82. The number of para-hydroxylation sites is 1. The van der Waals surface area contributed by atoms with Crippen LogP contribution >= 0.6 is 0 Å². The standard InChI is InChI=1S/C21H19FN4O/c1-3-11-26-20-17(12-15-6-4-5-13(2)18(15)23-20)19(25-26)24-21(27)14-7-9-16(22)10-8-14/h4-10,12H,3,11H2,1-2H3,(H,24,25,27). The summed E-state index contributed by atoms with van der Waals surface area (Å²) in [7, 11) is 0. The molecule has 27 heavy (non-hydrogen) atoms. The molecule has 0 atom stereocenters. The normalized spacial score (nSPS) is 11.2. The zero-order chi connectivity index (χ0) is 19.0. The first-order valence-corrected chi connectivity index (χ1v) is 8.90. The molecule has 4 rings (SSSR count). The van der Waals surface area contributed by atoms with Gasteiger partial charge in [0.15, 0.2) is 11.5 Å². The third-order valence-electron chi connectivity index (χ3n) is 4.52. The average molecular weight is 362 g/mol. The van der Waals surface area contributed by atoms with Gasteiger partial charge >= 0.3 is 0 Å². The molecule has 0 bridgehead atoms. The monoisotopic (exact) mass is 362 g/mol. The zero-order valence-corrected chi connectivity index (χ0v) is 15.2. The minimum atomic E-state index is -0.379. The molecule has 0 fully saturated rings. The van der Waals surface area contributed by atoms with E-state index in [-0.39, 0.29) is 11.7 Å². The van der Waals surface area contributed by atoms with Crippen molar-refractivity contribution >= 4 is 33.7 Å². The van der Waals surface area contributed by atoms with Gasteiger partial charge in [0.1, 0.15) is 5.82 Å². The summed E-state index contributed by atoms with van der Waals surface area (Å²) in [5.41, 5.74) is 3.14.